The number of nitrogens with zero attached hydrogens (tertiary/aromatic N) is 2. The number of piperazine rings is 1. The summed E-state index contributed by atoms with van der Waals surface area (Å²) in [6, 6.07) is 0. The van der Waals surface area contributed by atoms with Crippen LogP contribution in [0.25, 0.3) is 0 Å². The van der Waals surface area contributed by atoms with Crippen molar-refractivity contribution in [1.82, 2.24) is 9.80 Å². The van der Waals surface area contributed by atoms with E-state index in [0.29, 0.717) is 13.1 Å². The number of rotatable bonds is 1. The van der Waals surface area contributed by atoms with Gasteiger partial charge in [-0.25, -0.2) is 4.79 Å². The van der Waals surface area contributed by atoms with Gasteiger partial charge in [-0.15, -0.1) is 0 Å². The summed E-state index contributed by atoms with van der Waals surface area (Å²) >= 11 is 0. The molecule has 5 nitrogen and oxygen atoms in total. The summed E-state index contributed by atoms with van der Waals surface area (Å²) in [7, 11) is 1.75. The van der Waals surface area contributed by atoms with Crippen LogP contribution in [-0.2, 0) is 9.53 Å². The van der Waals surface area contributed by atoms with Crippen LogP contribution in [0.2, 0.25) is 0 Å². The van der Waals surface area contributed by atoms with E-state index in [1.807, 2.05) is 0 Å². The van der Waals surface area contributed by atoms with E-state index in [1.165, 1.54) is 4.90 Å². The molecule has 0 aliphatic carbocycles. The Kier molecular flexibility index (Phi) is 3.45. The molecule has 0 aromatic rings. The van der Waals surface area contributed by atoms with Crippen molar-refractivity contribution >= 4 is 12.0 Å². The topological polar surface area (TPSA) is 49.9 Å². The first kappa shape index (κ1) is 12.8. The van der Waals surface area contributed by atoms with Crippen molar-refractivity contribution in [2.24, 2.45) is 0 Å². The second kappa shape index (κ2) is 4.31. The molecule has 0 saturated carbocycles. The van der Waals surface area contributed by atoms with Gasteiger partial charge in [0, 0.05) is 20.1 Å². The zero-order valence-electron chi connectivity index (χ0n) is 10.6. The lowest BCUT2D eigenvalue weighted by atomic mass is 9.98. The first-order chi connectivity index (χ1) is 7.26. The van der Waals surface area contributed by atoms with E-state index in [4.69, 9.17) is 4.74 Å². The van der Waals surface area contributed by atoms with Crippen LogP contribution in [0.1, 0.15) is 27.7 Å². The van der Waals surface area contributed by atoms with E-state index in [2.05, 4.69) is 0 Å². The maximum absolute atomic E-state index is 11.9. The van der Waals surface area contributed by atoms with Gasteiger partial charge in [-0.3, -0.25) is 9.69 Å². The molecule has 1 fully saturated rings. The number of carbonyl (C=O) groups excluding carboxylic acids is 2. The Balaban J connectivity index is 2.81. The minimum Gasteiger partial charge on any atom is -0.447 e. The Hall–Kier alpha value is -1.26. The van der Waals surface area contributed by atoms with Gasteiger partial charge < -0.3 is 9.64 Å². The third-order valence-corrected chi connectivity index (χ3v) is 2.76. The average molecular weight is 228 g/mol. The summed E-state index contributed by atoms with van der Waals surface area (Å²) in [5, 5.41) is 0. The molecule has 1 aliphatic rings. The fourth-order valence-electron chi connectivity index (χ4n) is 1.80. The van der Waals surface area contributed by atoms with Gasteiger partial charge >= 0.3 is 6.09 Å². The van der Waals surface area contributed by atoms with Gasteiger partial charge in [0.05, 0.1) is 6.10 Å². The molecule has 1 rings (SSSR count). The number of ether oxygens (including phenoxy) is 1. The molecule has 16 heavy (non-hydrogen) atoms. The SMILES string of the molecule is CC(C)OC(=O)N1CCN(C)C(=O)C1(C)C. The molecule has 0 radical (unpaired) electrons. The largest absolute Gasteiger partial charge is 0.447 e. The van der Waals surface area contributed by atoms with Crippen molar-refractivity contribution in [3.05, 3.63) is 0 Å². The summed E-state index contributed by atoms with van der Waals surface area (Å²) in [5.74, 6) is -0.0561. The summed E-state index contributed by atoms with van der Waals surface area (Å²) < 4.78 is 5.13. The van der Waals surface area contributed by atoms with E-state index in [1.54, 1.807) is 39.6 Å². The molecule has 0 aromatic carbocycles. The normalized spacial score (nSPS) is 20.2. The zero-order valence-corrected chi connectivity index (χ0v) is 10.6. The van der Waals surface area contributed by atoms with Crippen molar-refractivity contribution in [1.29, 1.82) is 0 Å². The molecular formula is C11H20N2O3. The summed E-state index contributed by atoms with van der Waals surface area (Å²) in [6.45, 7) is 8.14. The first-order valence-corrected chi connectivity index (χ1v) is 5.50. The van der Waals surface area contributed by atoms with Crippen LogP contribution in [0.15, 0.2) is 0 Å². The minimum absolute atomic E-state index is 0.0561. The molecule has 1 saturated heterocycles. The van der Waals surface area contributed by atoms with Gasteiger partial charge in [-0.1, -0.05) is 0 Å². The number of hydrogen-bond donors (Lipinski definition) is 0. The van der Waals surface area contributed by atoms with Crippen LogP contribution in [0.3, 0.4) is 0 Å². The highest BCUT2D eigenvalue weighted by atomic mass is 16.6. The molecule has 0 spiro atoms. The van der Waals surface area contributed by atoms with Crippen LogP contribution in [0.4, 0.5) is 4.79 Å². The summed E-state index contributed by atoms with van der Waals surface area (Å²) in [5.41, 5.74) is -0.820. The Morgan fingerprint density at radius 2 is 1.94 bits per heavy atom. The number of likely N-dealkylation sites (N-methyl/N-ethyl adjacent to an activating group) is 1. The van der Waals surface area contributed by atoms with E-state index in [9.17, 15) is 9.59 Å². The van der Waals surface area contributed by atoms with Crippen molar-refractivity contribution in [3.8, 4) is 0 Å². The molecule has 1 heterocycles. The van der Waals surface area contributed by atoms with Gasteiger partial charge in [-0.05, 0) is 27.7 Å². The molecule has 0 atom stereocenters. The molecule has 1 aliphatic heterocycles. The predicted molar refractivity (Wildman–Crippen MR) is 60.0 cm³/mol. The summed E-state index contributed by atoms with van der Waals surface area (Å²) in [4.78, 5) is 26.9. The highest BCUT2D eigenvalue weighted by Crippen LogP contribution is 2.22. The molecule has 0 unspecified atom stereocenters. The smallest absolute Gasteiger partial charge is 0.410 e. The highest BCUT2D eigenvalue weighted by molar-refractivity contribution is 5.90. The molecule has 0 aromatic heterocycles. The Morgan fingerprint density at radius 3 is 2.44 bits per heavy atom. The van der Waals surface area contributed by atoms with Crippen LogP contribution in [0.5, 0.6) is 0 Å². The van der Waals surface area contributed by atoms with Crippen LogP contribution in [-0.4, -0.2) is 53.6 Å². The molecule has 2 amide bonds. The molecule has 0 N–H and O–H groups in total. The van der Waals surface area contributed by atoms with Gasteiger partial charge in [-0.2, -0.15) is 0 Å². The van der Waals surface area contributed by atoms with Gasteiger partial charge in [0.15, 0.2) is 0 Å². The molecule has 0 bridgehead atoms. The predicted octanol–water partition coefficient (Wildman–Crippen LogP) is 1.08. The first-order valence-electron chi connectivity index (χ1n) is 5.50. The van der Waals surface area contributed by atoms with Crippen LogP contribution < -0.4 is 0 Å². The Bertz CT molecular complexity index is 300. The lowest BCUT2D eigenvalue weighted by molar-refractivity contribution is -0.145. The minimum atomic E-state index is -0.820. The second-order valence-electron chi connectivity index (χ2n) is 4.87. The standard InChI is InChI=1S/C11H20N2O3/c1-8(2)16-10(15)13-7-6-12(5)9(14)11(13,3)4/h8H,6-7H2,1-5H3. The number of carbonyl (C=O) groups is 2. The van der Waals surface area contributed by atoms with Crippen LogP contribution >= 0.6 is 0 Å². The average Bonchev–Trinajstić information content (AvgIpc) is 2.13. The second-order valence-corrected chi connectivity index (χ2v) is 4.87. The van der Waals surface area contributed by atoms with Gasteiger partial charge in [0.1, 0.15) is 5.54 Å². The third-order valence-electron chi connectivity index (χ3n) is 2.76. The van der Waals surface area contributed by atoms with E-state index >= 15 is 0 Å². The Labute approximate surface area is 96.3 Å². The molecular weight excluding hydrogens is 208 g/mol. The maximum Gasteiger partial charge on any atom is 0.410 e. The summed E-state index contributed by atoms with van der Waals surface area (Å²) in [6.07, 6.45) is -0.584. The van der Waals surface area contributed by atoms with E-state index in [0.717, 1.165) is 0 Å². The van der Waals surface area contributed by atoms with Gasteiger partial charge in [0.25, 0.3) is 0 Å². The highest BCUT2D eigenvalue weighted by Gasteiger charge is 2.43. The number of amides is 2. The zero-order chi connectivity index (χ0) is 12.5. The lowest BCUT2D eigenvalue weighted by Gasteiger charge is -2.44. The quantitative estimate of drug-likeness (QED) is 0.675. The Morgan fingerprint density at radius 1 is 1.38 bits per heavy atom. The van der Waals surface area contributed by atoms with Crippen LogP contribution in [0, 0.1) is 0 Å². The maximum atomic E-state index is 11.9. The van der Waals surface area contributed by atoms with Crippen molar-refractivity contribution in [2.45, 2.75) is 39.3 Å². The van der Waals surface area contributed by atoms with E-state index < -0.39 is 11.6 Å². The van der Waals surface area contributed by atoms with Gasteiger partial charge in [0.2, 0.25) is 5.91 Å². The van der Waals surface area contributed by atoms with Crippen molar-refractivity contribution < 1.29 is 14.3 Å². The monoisotopic (exact) mass is 228 g/mol. The fraction of sp³-hybridized carbons (Fsp3) is 0.818. The third kappa shape index (κ3) is 2.28. The lowest BCUT2D eigenvalue weighted by Crippen LogP contribution is -2.63. The molecule has 5 heteroatoms. The fourth-order valence-corrected chi connectivity index (χ4v) is 1.80. The molecule has 92 valence electrons. The van der Waals surface area contributed by atoms with E-state index in [-0.39, 0.29) is 12.0 Å². The number of hydrogen-bond acceptors (Lipinski definition) is 3. The van der Waals surface area contributed by atoms with Crippen molar-refractivity contribution in [3.63, 3.8) is 0 Å². The van der Waals surface area contributed by atoms with Crippen molar-refractivity contribution in [2.75, 3.05) is 20.1 Å².